The molecule has 0 unspecified atom stereocenters. The highest BCUT2D eigenvalue weighted by molar-refractivity contribution is 6.09. The number of ether oxygens (including phenoxy) is 2. The average Bonchev–Trinajstić information content (AvgIpc) is 3.47. The van der Waals surface area contributed by atoms with E-state index >= 15 is 0 Å². The monoisotopic (exact) mass is 373 g/mol. The Hall–Kier alpha value is -2.77. The quantitative estimate of drug-likeness (QED) is 0.755. The molecule has 2 N–H and O–H groups in total. The van der Waals surface area contributed by atoms with Crippen LogP contribution in [0.4, 0.5) is 4.79 Å². The normalized spacial score (nSPS) is 25.2. The second kappa shape index (κ2) is 6.44. The Kier molecular flexibility index (Phi) is 4.20. The Bertz CT molecular complexity index is 807. The average molecular weight is 373 g/mol. The van der Waals surface area contributed by atoms with Gasteiger partial charge in [-0.25, -0.2) is 4.79 Å². The van der Waals surface area contributed by atoms with Gasteiger partial charge in [-0.1, -0.05) is 6.07 Å². The predicted octanol–water partition coefficient (Wildman–Crippen LogP) is 1.14. The van der Waals surface area contributed by atoms with Gasteiger partial charge in [0.25, 0.3) is 5.91 Å². The molecule has 1 aliphatic carbocycles. The van der Waals surface area contributed by atoms with Crippen LogP contribution in [0, 0.1) is 5.92 Å². The molecular formula is C19H23N3O5. The fourth-order valence-corrected chi connectivity index (χ4v) is 3.55. The molecule has 2 atom stereocenters. The fourth-order valence-electron chi connectivity index (χ4n) is 3.55. The van der Waals surface area contributed by atoms with Crippen molar-refractivity contribution >= 4 is 17.8 Å². The number of carbonyl (C=O) groups is 3. The largest absolute Gasteiger partial charge is 0.486 e. The van der Waals surface area contributed by atoms with Gasteiger partial charge in [-0.2, -0.15) is 0 Å². The van der Waals surface area contributed by atoms with Gasteiger partial charge in [-0.15, -0.1) is 0 Å². The van der Waals surface area contributed by atoms with Crippen LogP contribution in [-0.4, -0.2) is 48.5 Å². The van der Waals surface area contributed by atoms with E-state index in [1.807, 2.05) is 6.92 Å². The van der Waals surface area contributed by atoms with Crippen LogP contribution in [-0.2, 0) is 15.1 Å². The SMILES string of the molecule is C[C@@H](NC(=O)CN1C(=O)N[C@](C)(c2ccc3c(c2)OCCO3)C1=O)C1CC1. The van der Waals surface area contributed by atoms with E-state index in [2.05, 4.69) is 10.6 Å². The Morgan fingerprint density at radius 2 is 2.00 bits per heavy atom. The van der Waals surface area contributed by atoms with Gasteiger partial charge in [0.15, 0.2) is 11.5 Å². The first kappa shape index (κ1) is 17.6. The summed E-state index contributed by atoms with van der Waals surface area (Å²) in [5.74, 6) is 0.856. The molecule has 2 fully saturated rings. The van der Waals surface area contributed by atoms with E-state index in [0.717, 1.165) is 17.7 Å². The minimum atomic E-state index is -1.25. The fraction of sp³-hybridized carbons (Fsp3) is 0.526. The molecule has 1 saturated carbocycles. The Morgan fingerprint density at radius 1 is 1.30 bits per heavy atom. The van der Waals surface area contributed by atoms with E-state index in [9.17, 15) is 14.4 Å². The van der Waals surface area contributed by atoms with Gasteiger partial charge in [-0.05, 0) is 50.3 Å². The van der Waals surface area contributed by atoms with Crippen LogP contribution in [0.2, 0.25) is 0 Å². The second-order valence-corrected chi connectivity index (χ2v) is 7.50. The third-order valence-electron chi connectivity index (χ3n) is 5.41. The third kappa shape index (κ3) is 3.20. The van der Waals surface area contributed by atoms with Crippen molar-refractivity contribution in [3.63, 3.8) is 0 Å². The summed E-state index contributed by atoms with van der Waals surface area (Å²) in [6.45, 7) is 4.19. The lowest BCUT2D eigenvalue weighted by Gasteiger charge is -2.25. The number of urea groups is 1. The molecule has 0 aromatic heterocycles. The van der Waals surface area contributed by atoms with Crippen LogP contribution in [0.15, 0.2) is 18.2 Å². The summed E-state index contributed by atoms with van der Waals surface area (Å²) in [6.07, 6.45) is 2.21. The zero-order valence-electron chi connectivity index (χ0n) is 15.4. The minimum Gasteiger partial charge on any atom is -0.486 e. The lowest BCUT2D eigenvalue weighted by atomic mass is 9.91. The number of nitrogens with zero attached hydrogens (tertiary/aromatic N) is 1. The number of carbonyl (C=O) groups excluding carboxylic acids is 3. The molecule has 2 heterocycles. The first-order valence-electron chi connectivity index (χ1n) is 9.22. The van der Waals surface area contributed by atoms with Crippen LogP contribution >= 0.6 is 0 Å². The van der Waals surface area contributed by atoms with Crippen LogP contribution in [0.25, 0.3) is 0 Å². The number of amides is 4. The maximum absolute atomic E-state index is 13.0. The van der Waals surface area contributed by atoms with E-state index in [4.69, 9.17) is 9.47 Å². The van der Waals surface area contributed by atoms with E-state index in [-0.39, 0.29) is 18.5 Å². The van der Waals surface area contributed by atoms with Gasteiger partial charge >= 0.3 is 6.03 Å². The van der Waals surface area contributed by atoms with Gasteiger partial charge in [-0.3, -0.25) is 14.5 Å². The highest BCUT2D eigenvalue weighted by Gasteiger charge is 2.50. The van der Waals surface area contributed by atoms with Crippen LogP contribution in [0.5, 0.6) is 11.5 Å². The number of hydrogen-bond donors (Lipinski definition) is 2. The first-order chi connectivity index (χ1) is 12.9. The second-order valence-electron chi connectivity index (χ2n) is 7.50. The summed E-state index contributed by atoms with van der Waals surface area (Å²) in [5.41, 5.74) is -0.672. The molecule has 1 saturated heterocycles. The topological polar surface area (TPSA) is 97.0 Å². The smallest absolute Gasteiger partial charge is 0.325 e. The summed E-state index contributed by atoms with van der Waals surface area (Å²) in [6, 6.07) is 4.63. The molecule has 1 aromatic carbocycles. The zero-order valence-corrected chi connectivity index (χ0v) is 15.4. The van der Waals surface area contributed by atoms with Gasteiger partial charge in [0.05, 0.1) is 0 Å². The van der Waals surface area contributed by atoms with Crippen molar-refractivity contribution in [2.75, 3.05) is 19.8 Å². The number of nitrogens with one attached hydrogen (secondary N) is 2. The standard InChI is InChI=1S/C19H23N3O5/c1-11(12-3-4-12)20-16(23)10-22-17(24)19(2,21-18(22)25)13-5-6-14-15(9-13)27-8-7-26-14/h5-6,9,11-12H,3-4,7-8,10H2,1-2H3,(H,20,23)(H,21,25)/t11-,19-/m1/s1. The molecule has 1 aromatic rings. The lowest BCUT2D eigenvalue weighted by Crippen LogP contribution is -2.45. The minimum absolute atomic E-state index is 0.0578. The van der Waals surface area contributed by atoms with Crippen molar-refractivity contribution in [3.8, 4) is 11.5 Å². The van der Waals surface area contributed by atoms with E-state index in [1.54, 1.807) is 25.1 Å². The molecule has 0 radical (unpaired) electrons. The number of imide groups is 1. The molecule has 0 bridgehead atoms. The number of fused-ring (bicyclic) bond motifs is 1. The van der Waals surface area contributed by atoms with E-state index in [0.29, 0.717) is 36.2 Å². The van der Waals surface area contributed by atoms with E-state index < -0.39 is 17.5 Å². The summed E-state index contributed by atoms with van der Waals surface area (Å²) < 4.78 is 11.1. The van der Waals surface area contributed by atoms with Gasteiger partial charge in [0.2, 0.25) is 5.91 Å². The van der Waals surface area contributed by atoms with Crippen molar-refractivity contribution in [3.05, 3.63) is 23.8 Å². The maximum Gasteiger partial charge on any atom is 0.325 e. The molecule has 2 aliphatic heterocycles. The van der Waals surface area contributed by atoms with Gasteiger partial charge < -0.3 is 20.1 Å². The molecule has 8 heteroatoms. The van der Waals surface area contributed by atoms with Crippen molar-refractivity contribution in [2.24, 2.45) is 5.92 Å². The summed E-state index contributed by atoms with van der Waals surface area (Å²) in [7, 11) is 0. The predicted molar refractivity (Wildman–Crippen MR) is 95.4 cm³/mol. The maximum atomic E-state index is 13.0. The summed E-state index contributed by atoms with van der Waals surface area (Å²) in [5, 5.41) is 5.58. The molecule has 144 valence electrons. The number of rotatable bonds is 5. The lowest BCUT2D eigenvalue weighted by molar-refractivity contribution is -0.135. The molecule has 27 heavy (non-hydrogen) atoms. The molecule has 4 rings (SSSR count). The first-order valence-corrected chi connectivity index (χ1v) is 9.22. The van der Waals surface area contributed by atoms with Crippen molar-refractivity contribution in [1.29, 1.82) is 0 Å². The summed E-state index contributed by atoms with van der Waals surface area (Å²) in [4.78, 5) is 38.6. The molecular weight excluding hydrogens is 350 g/mol. The van der Waals surface area contributed by atoms with Crippen molar-refractivity contribution < 1.29 is 23.9 Å². The van der Waals surface area contributed by atoms with Crippen LogP contribution < -0.4 is 20.1 Å². The Labute approximate surface area is 157 Å². The molecule has 0 spiro atoms. The van der Waals surface area contributed by atoms with Crippen LogP contribution in [0.1, 0.15) is 32.3 Å². The number of hydrogen-bond acceptors (Lipinski definition) is 5. The zero-order chi connectivity index (χ0) is 19.2. The molecule has 4 amide bonds. The Morgan fingerprint density at radius 3 is 2.70 bits per heavy atom. The van der Waals surface area contributed by atoms with Crippen molar-refractivity contribution in [1.82, 2.24) is 15.5 Å². The third-order valence-corrected chi connectivity index (χ3v) is 5.41. The van der Waals surface area contributed by atoms with Gasteiger partial charge in [0.1, 0.15) is 25.3 Å². The molecule has 3 aliphatic rings. The van der Waals surface area contributed by atoms with Crippen molar-refractivity contribution in [2.45, 2.75) is 38.3 Å². The van der Waals surface area contributed by atoms with E-state index in [1.165, 1.54) is 0 Å². The summed E-state index contributed by atoms with van der Waals surface area (Å²) >= 11 is 0. The van der Waals surface area contributed by atoms with Gasteiger partial charge in [0, 0.05) is 6.04 Å². The Balaban J connectivity index is 1.50. The number of benzene rings is 1. The molecule has 8 nitrogen and oxygen atoms in total. The van der Waals surface area contributed by atoms with Crippen LogP contribution in [0.3, 0.4) is 0 Å². The highest BCUT2D eigenvalue weighted by Crippen LogP contribution is 2.37. The highest BCUT2D eigenvalue weighted by atomic mass is 16.6.